The minimum atomic E-state index is -1.37. The number of nitrogens with zero attached hydrogens (tertiary/aromatic N) is 1. The number of hydrogen-bond donors (Lipinski definition) is 4. The third-order valence-electron chi connectivity index (χ3n) is 2.36. The van der Waals surface area contributed by atoms with Crippen molar-refractivity contribution in [3.05, 3.63) is 17.8 Å². The molecule has 0 saturated carbocycles. The van der Waals surface area contributed by atoms with Crippen molar-refractivity contribution in [1.29, 1.82) is 0 Å². The van der Waals surface area contributed by atoms with E-state index in [1.54, 1.807) is 6.20 Å². The van der Waals surface area contributed by atoms with Crippen LogP contribution in [-0.2, 0) is 22.6 Å². The Kier molecular flexibility index (Phi) is 5.51. The number of carboxylic acid groups (broad SMARTS) is 1. The standard InChI is InChI=1S/C11H16N4O5/c1-2-6-4-13-9(20-6)5-14-11(19)15-7(10(17)18)3-8(12)16/h4,7H,2-3,5H2,1H3,(H2,12,16)(H,17,18)(H2,14,15,19)/t7-/m1/s1. The summed E-state index contributed by atoms with van der Waals surface area (Å²) in [5, 5.41) is 13.3. The van der Waals surface area contributed by atoms with Gasteiger partial charge in [0.05, 0.1) is 19.2 Å². The number of carbonyl (C=O) groups is 3. The Bertz CT molecular complexity index is 499. The molecular weight excluding hydrogens is 268 g/mol. The zero-order chi connectivity index (χ0) is 15.1. The van der Waals surface area contributed by atoms with E-state index in [-0.39, 0.29) is 6.54 Å². The molecule has 0 aliphatic heterocycles. The number of carboxylic acids is 1. The molecule has 0 aliphatic carbocycles. The van der Waals surface area contributed by atoms with E-state index in [9.17, 15) is 14.4 Å². The Hall–Kier alpha value is -2.58. The molecule has 20 heavy (non-hydrogen) atoms. The highest BCUT2D eigenvalue weighted by Gasteiger charge is 2.22. The van der Waals surface area contributed by atoms with Crippen LogP contribution in [0.1, 0.15) is 25.0 Å². The number of amides is 3. The highest BCUT2D eigenvalue weighted by Crippen LogP contribution is 2.03. The van der Waals surface area contributed by atoms with Gasteiger partial charge in [0.25, 0.3) is 0 Å². The Morgan fingerprint density at radius 1 is 1.50 bits per heavy atom. The fourth-order valence-electron chi connectivity index (χ4n) is 1.36. The molecule has 9 heteroatoms. The van der Waals surface area contributed by atoms with Crippen LogP contribution < -0.4 is 16.4 Å². The van der Waals surface area contributed by atoms with E-state index >= 15 is 0 Å². The molecule has 1 aromatic heterocycles. The summed E-state index contributed by atoms with van der Waals surface area (Å²) in [6, 6.07) is -2.13. The summed E-state index contributed by atoms with van der Waals surface area (Å²) >= 11 is 0. The van der Waals surface area contributed by atoms with Crippen molar-refractivity contribution in [2.45, 2.75) is 32.4 Å². The predicted octanol–water partition coefficient (Wildman–Crippen LogP) is -0.635. The van der Waals surface area contributed by atoms with Gasteiger partial charge >= 0.3 is 12.0 Å². The van der Waals surface area contributed by atoms with Crippen molar-refractivity contribution in [3.63, 3.8) is 0 Å². The third-order valence-corrected chi connectivity index (χ3v) is 2.36. The topological polar surface area (TPSA) is 148 Å². The number of aliphatic carboxylic acids is 1. The lowest BCUT2D eigenvalue weighted by atomic mass is 10.2. The van der Waals surface area contributed by atoms with Gasteiger partial charge in [0, 0.05) is 6.42 Å². The first-order valence-corrected chi connectivity index (χ1v) is 5.91. The van der Waals surface area contributed by atoms with Gasteiger partial charge in [-0.05, 0) is 0 Å². The number of carbonyl (C=O) groups excluding carboxylic acids is 2. The monoisotopic (exact) mass is 284 g/mol. The number of hydrogen-bond acceptors (Lipinski definition) is 5. The second-order valence-electron chi connectivity index (χ2n) is 3.96. The van der Waals surface area contributed by atoms with Gasteiger partial charge in [0.15, 0.2) is 0 Å². The van der Waals surface area contributed by atoms with Crippen LogP contribution >= 0.6 is 0 Å². The van der Waals surface area contributed by atoms with Crippen LogP contribution in [0.25, 0.3) is 0 Å². The van der Waals surface area contributed by atoms with E-state index in [0.717, 1.165) is 0 Å². The largest absolute Gasteiger partial charge is 0.480 e. The normalized spacial score (nSPS) is 11.7. The molecule has 1 rings (SSSR count). The molecule has 0 aromatic carbocycles. The zero-order valence-corrected chi connectivity index (χ0v) is 10.9. The molecule has 0 radical (unpaired) electrons. The summed E-state index contributed by atoms with van der Waals surface area (Å²) in [7, 11) is 0. The summed E-state index contributed by atoms with van der Waals surface area (Å²) < 4.78 is 5.26. The number of rotatable bonds is 7. The minimum Gasteiger partial charge on any atom is -0.480 e. The molecule has 5 N–H and O–H groups in total. The van der Waals surface area contributed by atoms with Crippen molar-refractivity contribution < 1.29 is 23.9 Å². The maximum Gasteiger partial charge on any atom is 0.326 e. The molecule has 0 aliphatic rings. The molecular formula is C11H16N4O5. The first-order valence-electron chi connectivity index (χ1n) is 5.91. The lowest BCUT2D eigenvalue weighted by molar-refractivity contribution is -0.140. The van der Waals surface area contributed by atoms with Crippen LogP contribution in [0.4, 0.5) is 4.79 Å². The second-order valence-corrected chi connectivity index (χ2v) is 3.96. The van der Waals surface area contributed by atoms with Crippen LogP contribution in [0.15, 0.2) is 10.6 Å². The van der Waals surface area contributed by atoms with Gasteiger partial charge in [-0.3, -0.25) is 4.79 Å². The first-order chi connectivity index (χ1) is 9.42. The number of nitrogens with one attached hydrogen (secondary N) is 2. The van der Waals surface area contributed by atoms with Gasteiger partial charge in [-0.15, -0.1) is 0 Å². The fraction of sp³-hybridized carbons (Fsp3) is 0.455. The molecule has 0 spiro atoms. The fourth-order valence-corrected chi connectivity index (χ4v) is 1.36. The summed E-state index contributed by atoms with van der Waals surface area (Å²) in [6.07, 6.45) is 1.74. The molecule has 0 saturated heterocycles. The van der Waals surface area contributed by atoms with E-state index in [0.29, 0.717) is 18.1 Å². The average Bonchev–Trinajstić information content (AvgIpc) is 2.83. The Labute approximate surface area is 114 Å². The summed E-state index contributed by atoms with van der Waals surface area (Å²) in [6.45, 7) is 1.90. The van der Waals surface area contributed by atoms with Gasteiger partial charge in [-0.2, -0.15) is 0 Å². The minimum absolute atomic E-state index is 0.00867. The van der Waals surface area contributed by atoms with E-state index in [2.05, 4.69) is 15.6 Å². The Morgan fingerprint density at radius 3 is 2.70 bits per heavy atom. The van der Waals surface area contributed by atoms with E-state index in [1.807, 2.05) is 6.92 Å². The van der Waals surface area contributed by atoms with Crippen LogP contribution in [0.2, 0.25) is 0 Å². The SMILES string of the molecule is CCc1cnc(CNC(=O)N[C@H](CC(N)=O)C(=O)O)o1. The van der Waals surface area contributed by atoms with E-state index < -0.39 is 30.4 Å². The molecule has 0 bridgehead atoms. The van der Waals surface area contributed by atoms with Crippen LogP contribution in [0.5, 0.6) is 0 Å². The van der Waals surface area contributed by atoms with Gasteiger partial charge in [-0.1, -0.05) is 6.92 Å². The van der Waals surface area contributed by atoms with Crippen molar-refractivity contribution in [3.8, 4) is 0 Å². The molecule has 9 nitrogen and oxygen atoms in total. The molecule has 0 fully saturated rings. The van der Waals surface area contributed by atoms with Gasteiger partial charge in [-0.25, -0.2) is 14.6 Å². The Morgan fingerprint density at radius 2 is 2.20 bits per heavy atom. The molecule has 110 valence electrons. The summed E-state index contributed by atoms with van der Waals surface area (Å²) in [4.78, 5) is 36.9. The Balaban J connectivity index is 2.45. The molecule has 3 amide bonds. The molecule has 1 aromatic rings. The zero-order valence-electron chi connectivity index (χ0n) is 10.9. The quantitative estimate of drug-likeness (QED) is 0.523. The first kappa shape index (κ1) is 15.5. The summed E-state index contributed by atoms with van der Waals surface area (Å²) in [5.74, 6) is -1.18. The smallest absolute Gasteiger partial charge is 0.326 e. The lowest BCUT2D eigenvalue weighted by Crippen LogP contribution is -2.47. The highest BCUT2D eigenvalue weighted by atomic mass is 16.4. The number of nitrogens with two attached hydrogens (primary N) is 1. The van der Waals surface area contributed by atoms with Crippen molar-refractivity contribution in [2.24, 2.45) is 5.73 Å². The van der Waals surface area contributed by atoms with Crippen LogP contribution in [-0.4, -0.2) is 34.0 Å². The highest BCUT2D eigenvalue weighted by molar-refractivity contribution is 5.87. The van der Waals surface area contributed by atoms with Crippen LogP contribution in [0, 0.1) is 0 Å². The molecule has 1 heterocycles. The van der Waals surface area contributed by atoms with Crippen molar-refractivity contribution in [1.82, 2.24) is 15.6 Å². The van der Waals surface area contributed by atoms with Crippen molar-refractivity contribution >= 4 is 17.9 Å². The third kappa shape index (κ3) is 4.96. The number of aromatic nitrogens is 1. The maximum absolute atomic E-state index is 11.5. The summed E-state index contributed by atoms with van der Waals surface area (Å²) in [5.41, 5.74) is 4.89. The van der Waals surface area contributed by atoms with Crippen molar-refractivity contribution in [2.75, 3.05) is 0 Å². The number of oxazole rings is 1. The predicted molar refractivity (Wildman–Crippen MR) is 66.5 cm³/mol. The number of aryl methyl sites for hydroxylation is 1. The maximum atomic E-state index is 11.5. The molecule has 0 unspecified atom stereocenters. The van der Waals surface area contributed by atoms with E-state index in [4.69, 9.17) is 15.3 Å². The number of urea groups is 1. The average molecular weight is 284 g/mol. The van der Waals surface area contributed by atoms with Gasteiger partial charge in [0.2, 0.25) is 11.8 Å². The van der Waals surface area contributed by atoms with E-state index in [1.165, 1.54) is 0 Å². The second kappa shape index (κ2) is 7.12. The van der Waals surface area contributed by atoms with Gasteiger partial charge in [0.1, 0.15) is 11.8 Å². The lowest BCUT2D eigenvalue weighted by Gasteiger charge is -2.12. The molecule has 1 atom stereocenters. The van der Waals surface area contributed by atoms with Crippen LogP contribution in [0.3, 0.4) is 0 Å². The van der Waals surface area contributed by atoms with Gasteiger partial charge < -0.3 is 25.9 Å². The number of primary amides is 1.